The fourth-order valence-electron chi connectivity index (χ4n) is 2.11. The Balaban J connectivity index is 2.30. The number of aldehydes is 1. The minimum absolute atomic E-state index is 0.0476. The van der Waals surface area contributed by atoms with Gasteiger partial charge in [0.05, 0.1) is 11.6 Å². The minimum Gasteiger partial charge on any atom is -0.366 e. The largest absolute Gasteiger partial charge is 0.366 e. The summed E-state index contributed by atoms with van der Waals surface area (Å²) in [6.07, 6.45) is 0.395. The predicted octanol–water partition coefficient (Wildman–Crippen LogP) is 3.29. The third-order valence-corrected chi connectivity index (χ3v) is 3.03. The molecule has 21 heavy (non-hydrogen) atoms. The van der Waals surface area contributed by atoms with Gasteiger partial charge in [-0.05, 0) is 29.8 Å². The molecule has 0 amide bonds. The number of rotatable bonds is 4. The zero-order valence-corrected chi connectivity index (χ0v) is 11.3. The molecule has 0 unspecified atom stereocenters. The van der Waals surface area contributed by atoms with Crippen LogP contribution in [0.2, 0.25) is 0 Å². The van der Waals surface area contributed by atoms with Gasteiger partial charge in [-0.25, -0.2) is 8.78 Å². The van der Waals surface area contributed by atoms with Crippen LogP contribution in [0.4, 0.5) is 14.5 Å². The number of nitriles is 1. The Kier molecular flexibility index (Phi) is 4.29. The molecule has 0 aliphatic carbocycles. The first-order valence-corrected chi connectivity index (χ1v) is 6.19. The van der Waals surface area contributed by atoms with Gasteiger partial charge in [-0.2, -0.15) is 5.26 Å². The fourth-order valence-corrected chi connectivity index (χ4v) is 2.11. The SMILES string of the molecule is CN(Cc1cccc(C#N)c1)c1c(F)cc(C=O)cc1F. The van der Waals surface area contributed by atoms with Crippen LogP contribution in [0, 0.1) is 23.0 Å². The van der Waals surface area contributed by atoms with Crippen LogP contribution < -0.4 is 4.90 Å². The van der Waals surface area contributed by atoms with Crippen LogP contribution >= 0.6 is 0 Å². The summed E-state index contributed by atoms with van der Waals surface area (Å²) < 4.78 is 27.8. The van der Waals surface area contributed by atoms with E-state index in [1.807, 2.05) is 6.07 Å². The highest BCUT2D eigenvalue weighted by molar-refractivity contribution is 5.76. The number of benzene rings is 2. The van der Waals surface area contributed by atoms with E-state index in [-0.39, 0.29) is 17.8 Å². The Morgan fingerprint density at radius 2 is 1.90 bits per heavy atom. The van der Waals surface area contributed by atoms with E-state index in [2.05, 4.69) is 0 Å². The minimum atomic E-state index is -0.795. The van der Waals surface area contributed by atoms with Gasteiger partial charge < -0.3 is 4.90 Å². The lowest BCUT2D eigenvalue weighted by atomic mass is 10.1. The van der Waals surface area contributed by atoms with E-state index in [0.717, 1.165) is 17.7 Å². The second-order valence-electron chi connectivity index (χ2n) is 4.62. The lowest BCUT2D eigenvalue weighted by molar-refractivity contribution is 0.112. The van der Waals surface area contributed by atoms with Crippen molar-refractivity contribution in [3.8, 4) is 6.07 Å². The van der Waals surface area contributed by atoms with E-state index in [4.69, 9.17) is 5.26 Å². The Morgan fingerprint density at radius 3 is 2.48 bits per heavy atom. The highest BCUT2D eigenvalue weighted by Crippen LogP contribution is 2.25. The molecule has 0 radical (unpaired) electrons. The van der Waals surface area contributed by atoms with Crippen LogP contribution in [0.15, 0.2) is 36.4 Å². The molecule has 0 spiro atoms. The van der Waals surface area contributed by atoms with E-state index >= 15 is 0 Å². The first-order valence-electron chi connectivity index (χ1n) is 6.19. The highest BCUT2D eigenvalue weighted by Gasteiger charge is 2.15. The molecule has 2 aromatic rings. The molecule has 0 aliphatic rings. The summed E-state index contributed by atoms with van der Waals surface area (Å²) in [6.45, 7) is 0.240. The molecule has 0 aliphatic heterocycles. The molecule has 106 valence electrons. The van der Waals surface area contributed by atoms with E-state index in [0.29, 0.717) is 11.8 Å². The lowest BCUT2D eigenvalue weighted by Crippen LogP contribution is -2.19. The van der Waals surface area contributed by atoms with Crippen LogP contribution in [0.5, 0.6) is 0 Å². The number of halogens is 2. The summed E-state index contributed by atoms with van der Waals surface area (Å²) in [5, 5.41) is 8.84. The van der Waals surface area contributed by atoms with Crippen molar-refractivity contribution in [2.24, 2.45) is 0 Å². The number of anilines is 1. The van der Waals surface area contributed by atoms with Crippen molar-refractivity contribution < 1.29 is 13.6 Å². The van der Waals surface area contributed by atoms with Crippen molar-refractivity contribution in [2.75, 3.05) is 11.9 Å². The van der Waals surface area contributed by atoms with E-state index < -0.39 is 11.6 Å². The number of carbonyl (C=O) groups is 1. The lowest BCUT2D eigenvalue weighted by Gasteiger charge is -2.21. The third-order valence-electron chi connectivity index (χ3n) is 3.03. The molecular formula is C16H12F2N2O. The van der Waals surface area contributed by atoms with Gasteiger partial charge >= 0.3 is 0 Å². The molecule has 0 aromatic heterocycles. The van der Waals surface area contributed by atoms with Crippen LogP contribution in [0.3, 0.4) is 0 Å². The molecule has 0 bridgehead atoms. The maximum Gasteiger partial charge on any atom is 0.150 e. The smallest absolute Gasteiger partial charge is 0.150 e. The van der Waals surface area contributed by atoms with Gasteiger partial charge in [-0.3, -0.25) is 4.79 Å². The predicted molar refractivity (Wildman–Crippen MR) is 75.0 cm³/mol. The summed E-state index contributed by atoms with van der Waals surface area (Å²) in [4.78, 5) is 12.0. The molecule has 0 N–H and O–H groups in total. The number of hydrogen-bond acceptors (Lipinski definition) is 3. The number of nitrogens with zero attached hydrogens (tertiary/aromatic N) is 2. The second kappa shape index (κ2) is 6.14. The van der Waals surface area contributed by atoms with Gasteiger partial charge in [-0.1, -0.05) is 12.1 Å². The normalized spacial score (nSPS) is 10.0. The van der Waals surface area contributed by atoms with Gasteiger partial charge in [0.15, 0.2) is 0 Å². The quantitative estimate of drug-likeness (QED) is 0.810. The van der Waals surface area contributed by atoms with Gasteiger partial charge in [0.1, 0.15) is 23.6 Å². The van der Waals surface area contributed by atoms with Crippen LogP contribution in [0.1, 0.15) is 21.5 Å². The summed E-state index contributed by atoms with van der Waals surface area (Å²) in [6, 6.07) is 10.8. The van der Waals surface area contributed by atoms with Gasteiger partial charge in [0, 0.05) is 19.2 Å². The maximum absolute atomic E-state index is 13.9. The molecule has 0 heterocycles. The zero-order chi connectivity index (χ0) is 15.4. The monoisotopic (exact) mass is 286 g/mol. The zero-order valence-electron chi connectivity index (χ0n) is 11.3. The Morgan fingerprint density at radius 1 is 1.24 bits per heavy atom. The maximum atomic E-state index is 13.9. The van der Waals surface area contributed by atoms with Crippen molar-refractivity contribution in [2.45, 2.75) is 6.54 Å². The van der Waals surface area contributed by atoms with Crippen molar-refractivity contribution in [3.63, 3.8) is 0 Å². The molecule has 5 heteroatoms. The second-order valence-corrected chi connectivity index (χ2v) is 4.62. The molecule has 2 aromatic carbocycles. The Hall–Kier alpha value is -2.74. The van der Waals surface area contributed by atoms with Crippen molar-refractivity contribution >= 4 is 12.0 Å². The number of hydrogen-bond donors (Lipinski definition) is 0. The summed E-state index contributed by atoms with van der Waals surface area (Å²) in [5.74, 6) is -1.59. The standard InChI is InChI=1S/C16H12F2N2O/c1-20(9-12-4-2-3-11(5-12)8-19)16-14(17)6-13(10-21)7-15(16)18/h2-7,10H,9H2,1H3. The van der Waals surface area contributed by atoms with E-state index in [9.17, 15) is 13.6 Å². The van der Waals surface area contributed by atoms with Gasteiger partial charge in [0.25, 0.3) is 0 Å². The van der Waals surface area contributed by atoms with Crippen molar-refractivity contribution in [1.29, 1.82) is 5.26 Å². The van der Waals surface area contributed by atoms with Crippen LogP contribution in [-0.4, -0.2) is 13.3 Å². The molecule has 0 saturated heterocycles. The molecule has 3 nitrogen and oxygen atoms in total. The highest BCUT2D eigenvalue weighted by atomic mass is 19.1. The van der Waals surface area contributed by atoms with E-state index in [1.54, 1.807) is 31.3 Å². The Bertz CT molecular complexity index is 699. The molecular weight excluding hydrogens is 274 g/mol. The molecule has 2 rings (SSSR count). The summed E-state index contributed by atoms with van der Waals surface area (Å²) >= 11 is 0. The van der Waals surface area contributed by atoms with Crippen molar-refractivity contribution in [3.05, 3.63) is 64.7 Å². The molecule has 0 atom stereocenters. The third kappa shape index (κ3) is 3.23. The Labute approximate surface area is 121 Å². The van der Waals surface area contributed by atoms with E-state index in [1.165, 1.54) is 4.90 Å². The first-order chi connectivity index (χ1) is 10.0. The topological polar surface area (TPSA) is 44.1 Å². The van der Waals surface area contributed by atoms with Gasteiger partial charge in [-0.15, -0.1) is 0 Å². The van der Waals surface area contributed by atoms with Crippen LogP contribution in [0.25, 0.3) is 0 Å². The van der Waals surface area contributed by atoms with Crippen LogP contribution in [-0.2, 0) is 6.54 Å². The fraction of sp³-hybridized carbons (Fsp3) is 0.125. The van der Waals surface area contributed by atoms with Gasteiger partial charge in [0.2, 0.25) is 0 Å². The summed E-state index contributed by atoms with van der Waals surface area (Å²) in [7, 11) is 1.54. The molecule has 0 saturated carbocycles. The van der Waals surface area contributed by atoms with Crippen molar-refractivity contribution in [1.82, 2.24) is 0 Å². The summed E-state index contributed by atoms with van der Waals surface area (Å²) in [5.41, 5.74) is 0.990. The average molecular weight is 286 g/mol. The first kappa shape index (κ1) is 14.7. The molecule has 0 fully saturated rings. The average Bonchev–Trinajstić information content (AvgIpc) is 2.46. The number of carbonyl (C=O) groups excluding carboxylic acids is 1.